The lowest BCUT2D eigenvalue weighted by Crippen LogP contribution is -2.33. The van der Waals surface area contributed by atoms with Gasteiger partial charge in [0.2, 0.25) is 10.0 Å². The van der Waals surface area contributed by atoms with Crippen LogP contribution in [0.1, 0.15) is 25.7 Å². The maximum atomic E-state index is 12.6. The number of anilines is 1. The quantitative estimate of drug-likeness (QED) is 0.483. The Hall–Kier alpha value is -2.26. The van der Waals surface area contributed by atoms with Crippen LogP contribution in [0, 0.1) is 22.0 Å². The van der Waals surface area contributed by atoms with E-state index in [2.05, 4.69) is 22.7 Å². The summed E-state index contributed by atoms with van der Waals surface area (Å²) in [5.74, 6) is 0.940. The molecule has 2 aliphatic carbocycles. The third-order valence-electron chi connectivity index (χ3n) is 5.35. The highest BCUT2D eigenvalue weighted by molar-refractivity contribution is 7.89. The highest BCUT2D eigenvalue weighted by Gasteiger charge is 2.38. The molecule has 0 radical (unpaired) electrons. The molecule has 26 heavy (non-hydrogen) atoms. The minimum absolute atomic E-state index is 0.0481. The summed E-state index contributed by atoms with van der Waals surface area (Å²) in [5, 5.41) is 15.7. The Morgan fingerprint density at radius 2 is 2.04 bits per heavy atom. The average molecular weight is 376 g/mol. The fourth-order valence-electron chi connectivity index (χ4n) is 3.79. The van der Waals surface area contributed by atoms with Crippen molar-refractivity contribution in [3.05, 3.63) is 40.5 Å². The first-order valence-electron chi connectivity index (χ1n) is 8.74. The summed E-state index contributed by atoms with van der Waals surface area (Å²) in [4.78, 5) is 10.8. The lowest BCUT2D eigenvalue weighted by Gasteiger charge is -2.31. The Kier molecular flexibility index (Phi) is 4.28. The van der Waals surface area contributed by atoms with Crippen molar-refractivity contribution in [3.63, 3.8) is 0 Å². The Bertz CT molecular complexity index is 903. The van der Waals surface area contributed by atoms with Gasteiger partial charge in [0, 0.05) is 30.8 Å². The molecule has 138 valence electrons. The fraction of sp³-hybridized carbons (Fsp3) is 0.471. The van der Waals surface area contributed by atoms with Crippen LogP contribution in [-0.4, -0.2) is 36.4 Å². The molecular weight excluding hydrogens is 356 g/mol. The smallest absolute Gasteiger partial charge is 0.272 e. The summed E-state index contributed by atoms with van der Waals surface area (Å²) in [5.41, 5.74) is 3.69. The predicted octanol–water partition coefficient (Wildman–Crippen LogP) is 2.74. The van der Waals surface area contributed by atoms with Gasteiger partial charge in [-0.1, -0.05) is 12.2 Å². The molecule has 0 spiro atoms. The zero-order chi connectivity index (χ0) is 18.3. The van der Waals surface area contributed by atoms with Crippen LogP contribution >= 0.6 is 0 Å². The largest absolute Gasteiger partial charge is 0.295 e. The van der Waals surface area contributed by atoms with Gasteiger partial charge in [-0.3, -0.25) is 15.5 Å². The molecule has 0 amide bonds. The highest BCUT2D eigenvalue weighted by atomic mass is 32.2. The maximum absolute atomic E-state index is 12.6. The van der Waals surface area contributed by atoms with E-state index in [-0.39, 0.29) is 16.3 Å². The van der Waals surface area contributed by atoms with Gasteiger partial charge in [0.25, 0.3) is 5.69 Å². The van der Waals surface area contributed by atoms with E-state index in [4.69, 9.17) is 0 Å². The molecule has 0 unspecified atom stereocenters. The summed E-state index contributed by atoms with van der Waals surface area (Å²) in [6.07, 6.45) is 7.77. The van der Waals surface area contributed by atoms with Gasteiger partial charge < -0.3 is 0 Å². The third kappa shape index (κ3) is 2.90. The van der Waals surface area contributed by atoms with Gasteiger partial charge in [0.1, 0.15) is 5.69 Å². The summed E-state index contributed by atoms with van der Waals surface area (Å²) in [6, 6.07) is 3.95. The number of nitrogens with zero attached hydrogens (tertiary/aromatic N) is 3. The van der Waals surface area contributed by atoms with Crippen molar-refractivity contribution in [2.45, 2.75) is 30.6 Å². The molecule has 0 bridgehead atoms. The Labute approximate surface area is 151 Å². The number of hydrogen-bond donors (Lipinski definition) is 1. The minimum atomic E-state index is -3.69. The van der Waals surface area contributed by atoms with Crippen LogP contribution in [0.3, 0.4) is 0 Å². The minimum Gasteiger partial charge on any atom is -0.272 e. The van der Waals surface area contributed by atoms with Crippen LogP contribution in [0.2, 0.25) is 0 Å². The van der Waals surface area contributed by atoms with E-state index in [0.29, 0.717) is 24.9 Å². The zero-order valence-corrected chi connectivity index (χ0v) is 15.0. The number of sulfonamides is 1. The first kappa shape index (κ1) is 17.2. The van der Waals surface area contributed by atoms with E-state index >= 15 is 0 Å². The topological polar surface area (TPSA) is 105 Å². The van der Waals surface area contributed by atoms with Crippen molar-refractivity contribution < 1.29 is 13.3 Å². The monoisotopic (exact) mass is 376 g/mol. The SMILES string of the molecule is O=[N+]([O-])c1cc(S(=O)(=O)N2CCCC2)ccc1N/N=C1/C[C@@H]2C=CC[C@H]12. The van der Waals surface area contributed by atoms with Crippen molar-refractivity contribution in [2.75, 3.05) is 18.5 Å². The van der Waals surface area contributed by atoms with E-state index in [1.165, 1.54) is 16.4 Å². The number of allylic oxidation sites excluding steroid dienone is 2. The van der Waals surface area contributed by atoms with Crippen molar-refractivity contribution in [3.8, 4) is 0 Å². The van der Waals surface area contributed by atoms with Crippen LogP contribution in [0.4, 0.5) is 11.4 Å². The second-order valence-corrected chi connectivity index (χ2v) is 8.84. The molecule has 3 aliphatic rings. The van der Waals surface area contributed by atoms with Gasteiger partial charge in [-0.2, -0.15) is 9.41 Å². The first-order chi connectivity index (χ1) is 12.5. The van der Waals surface area contributed by atoms with Crippen molar-refractivity contribution in [1.29, 1.82) is 0 Å². The second-order valence-electron chi connectivity index (χ2n) is 6.90. The lowest BCUT2D eigenvalue weighted by atomic mass is 9.74. The van der Waals surface area contributed by atoms with Crippen LogP contribution in [0.15, 0.2) is 40.3 Å². The van der Waals surface area contributed by atoms with Crippen LogP contribution in [0.25, 0.3) is 0 Å². The van der Waals surface area contributed by atoms with Crippen molar-refractivity contribution in [1.82, 2.24) is 4.31 Å². The van der Waals surface area contributed by atoms with E-state index < -0.39 is 14.9 Å². The highest BCUT2D eigenvalue weighted by Crippen LogP contribution is 2.40. The molecule has 0 aromatic heterocycles. The molecule has 1 aromatic rings. The van der Waals surface area contributed by atoms with Crippen molar-refractivity contribution >= 4 is 27.1 Å². The van der Waals surface area contributed by atoms with E-state index in [1.807, 2.05) is 0 Å². The van der Waals surface area contributed by atoms with E-state index in [1.54, 1.807) is 0 Å². The number of rotatable bonds is 5. The lowest BCUT2D eigenvalue weighted by molar-refractivity contribution is -0.384. The fourth-order valence-corrected chi connectivity index (χ4v) is 5.33. The predicted molar refractivity (Wildman–Crippen MR) is 97.5 cm³/mol. The molecule has 8 nitrogen and oxygen atoms in total. The zero-order valence-electron chi connectivity index (χ0n) is 14.2. The second kappa shape index (κ2) is 6.48. The average Bonchev–Trinajstić information content (AvgIpc) is 3.25. The standard InChI is InChI=1S/C17H20N4O4S/c22-21(23)17-11-13(26(24,25)20-8-1-2-9-20)6-7-15(17)18-19-16-10-12-4-3-5-14(12)16/h3-4,6-7,11-12,14,18H,1-2,5,8-10H2/b19-16-/t12-,14-/m0/s1. The van der Waals surface area contributed by atoms with Crippen LogP contribution in [0.5, 0.6) is 0 Å². The van der Waals surface area contributed by atoms with Gasteiger partial charge in [-0.15, -0.1) is 0 Å². The Morgan fingerprint density at radius 3 is 2.73 bits per heavy atom. The van der Waals surface area contributed by atoms with E-state index in [9.17, 15) is 18.5 Å². The molecule has 4 rings (SSSR count). The third-order valence-corrected chi connectivity index (χ3v) is 7.25. The molecule has 1 heterocycles. The molecule has 1 aliphatic heterocycles. The Balaban J connectivity index is 1.58. The summed E-state index contributed by atoms with van der Waals surface area (Å²) < 4.78 is 26.6. The normalized spacial score (nSPS) is 26.7. The molecule has 2 atom stereocenters. The molecule has 1 aromatic carbocycles. The molecular formula is C17H20N4O4S. The van der Waals surface area contributed by atoms with Gasteiger partial charge in [-0.05, 0) is 43.7 Å². The van der Waals surface area contributed by atoms with Crippen molar-refractivity contribution in [2.24, 2.45) is 16.9 Å². The summed E-state index contributed by atoms with van der Waals surface area (Å²) >= 11 is 0. The molecule has 2 fully saturated rings. The van der Waals surface area contributed by atoms with Crippen LogP contribution in [-0.2, 0) is 10.0 Å². The van der Waals surface area contributed by atoms with Gasteiger partial charge in [0.05, 0.1) is 9.82 Å². The number of nitro benzene ring substituents is 1. The Morgan fingerprint density at radius 1 is 1.27 bits per heavy atom. The molecule has 1 saturated heterocycles. The van der Waals surface area contributed by atoms with Gasteiger partial charge in [0.15, 0.2) is 0 Å². The number of nitro groups is 1. The number of hydrazone groups is 1. The number of fused-ring (bicyclic) bond motifs is 1. The summed E-state index contributed by atoms with van der Waals surface area (Å²) in [6.45, 7) is 0.917. The van der Waals surface area contributed by atoms with E-state index in [0.717, 1.165) is 37.5 Å². The molecule has 9 heteroatoms. The van der Waals surface area contributed by atoms with Gasteiger partial charge in [-0.25, -0.2) is 8.42 Å². The van der Waals surface area contributed by atoms with Crippen LogP contribution < -0.4 is 5.43 Å². The molecule has 1 saturated carbocycles. The number of hydrogen-bond acceptors (Lipinski definition) is 6. The molecule has 1 N–H and O–H groups in total. The first-order valence-corrected chi connectivity index (χ1v) is 10.2. The number of nitrogens with one attached hydrogen (secondary N) is 1. The maximum Gasteiger partial charge on any atom is 0.295 e. The summed E-state index contributed by atoms with van der Waals surface area (Å²) in [7, 11) is -3.69. The number of benzene rings is 1. The van der Waals surface area contributed by atoms with Gasteiger partial charge >= 0.3 is 0 Å².